The van der Waals surface area contributed by atoms with Gasteiger partial charge >= 0.3 is 308 Å². The molecule has 0 fully saturated rings. The van der Waals surface area contributed by atoms with E-state index in [1.165, 1.54) is 77.2 Å². The number of hydrogen-bond donors (Lipinski definition) is 0. The summed E-state index contributed by atoms with van der Waals surface area (Å²) >= 11 is -4.91. The van der Waals surface area contributed by atoms with Crippen molar-refractivity contribution >= 4 is 56.2 Å². The molecule has 0 nitrogen and oxygen atoms in total. The third-order valence-corrected chi connectivity index (χ3v) is 58.1. The molecule has 0 heterocycles. The predicted octanol–water partition coefficient (Wildman–Crippen LogP) is 14.8. The number of benzene rings is 6. The van der Waals surface area contributed by atoms with E-state index in [9.17, 15) is 0 Å². The van der Waals surface area contributed by atoms with Crippen LogP contribution < -0.4 is 0 Å². The average molecular weight is 787 g/mol. The molecule has 6 aromatic rings. The monoisotopic (exact) mass is 784 g/mol. The van der Waals surface area contributed by atoms with Crippen LogP contribution in [0.2, 0.25) is 13.1 Å². The summed E-state index contributed by atoms with van der Waals surface area (Å²) in [5, 5.41) is 5.06. The molecular formula is C46H44Cl2SiZr. The summed E-state index contributed by atoms with van der Waals surface area (Å²) in [7, 11) is 17.5. The first-order chi connectivity index (χ1) is 24.2. The van der Waals surface area contributed by atoms with Crippen molar-refractivity contribution in [2.24, 2.45) is 0 Å². The van der Waals surface area contributed by atoms with E-state index in [4.69, 9.17) is 17.0 Å². The maximum atomic E-state index is 8.75. The van der Waals surface area contributed by atoms with Crippen LogP contribution in [0.3, 0.4) is 0 Å². The normalized spacial score (nSPS) is 17.1. The van der Waals surface area contributed by atoms with Crippen molar-refractivity contribution in [1.82, 2.24) is 0 Å². The molecule has 0 N–H and O–H groups in total. The summed E-state index contributed by atoms with van der Waals surface area (Å²) < 4.78 is 0.166. The molecule has 8 rings (SSSR count). The zero-order valence-electron chi connectivity index (χ0n) is 29.4. The Kier molecular flexibility index (Phi) is 9.00. The third kappa shape index (κ3) is 5.40. The Morgan fingerprint density at radius 1 is 0.520 bits per heavy atom. The number of hydrogen-bond acceptors (Lipinski definition) is 0. The second-order valence-corrected chi connectivity index (χ2v) is 53.5. The van der Waals surface area contributed by atoms with E-state index in [1.807, 2.05) is 0 Å². The minimum atomic E-state index is -4.91. The van der Waals surface area contributed by atoms with Gasteiger partial charge in [-0.1, -0.05) is 0 Å². The summed E-state index contributed by atoms with van der Waals surface area (Å²) in [6.45, 7) is 9.45. The summed E-state index contributed by atoms with van der Waals surface area (Å²) in [6.07, 6.45) is 9.17. The van der Waals surface area contributed by atoms with E-state index < -0.39 is 20.4 Å². The van der Waals surface area contributed by atoms with E-state index in [0.717, 1.165) is 25.7 Å². The van der Waals surface area contributed by atoms with Crippen LogP contribution in [0.25, 0.3) is 56.0 Å². The van der Waals surface area contributed by atoms with E-state index in [0.29, 0.717) is 0 Å². The van der Waals surface area contributed by atoms with Crippen LogP contribution in [0.1, 0.15) is 69.0 Å². The first-order valence-electron chi connectivity index (χ1n) is 18.3. The Hall–Kier alpha value is -3.00. The number of fused-ring (bicyclic) bond motifs is 4. The van der Waals surface area contributed by atoms with Gasteiger partial charge in [0.2, 0.25) is 0 Å². The van der Waals surface area contributed by atoms with Crippen LogP contribution in [0, 0.1) is 0 Å². The summed E-state index contributed by atoms with van der Waals surface area (Å²) in [4.78, 5) is 0. The molecule has 2 aliphatic carbocycles. The van der Waals surface area contributed by atoms with Crippen molar-refractivity contribution < 1.29 is 15.0 Å². The van der Waals surface area contributed by atoms with Gasteiger partial charge in [-0.3, -0.25) is 0 Å². The topological polar surface area (TPSA) is 0 Å². The molecular weight excluding hydrogens is 743 g/mol. The van der Waals surface area contributed by atoms with Crippen molar-refractivity contribution in [3.05, 3.63) is 155 Å². The molecule has 250 valence electrons. The van der Waals surface area contributed by atoms with Gasteiger partial charge in [0.25, 0.3) is 0 Å². The fourth-order valence-corrected chi connectivity index (χ4v) is 38.3. The zero-order valence-corrected chi connectivity index (χ0v) is 34.4. The van der Waals surface area contributed by atoms with Gasteiger partial charge < -0.3 is 0 Å². The van der Waals surface area contributed by atoms with E-state index in [1.54, 1.807) is 0 Å². The van der Waals surface area contributed by atoms with Crippen LogP contribution in [-0.2, 0) is 15.0 Å². The molecule has 2 atom stereocenters. The second-order valence-electron chi connectivity index (χ2n) is 14.7. The molecule has 0 aromatic heterocycles. The number of allylic oxidation sites excluding steroid dienone is 2. The molecule has 50 heavy (non-hydrogen) atoms. The van der Waals surface area contributed by atoms with E-state index >= 15 is 0 Å². The van der Waals surface area contributed by atoms with E-state index in [-0.39, 0.29) is 7.25 Å². The zero-order chi connectivity index (χ0) is 34.6. The van der Waals surface area contributed by atoms with Crippen LogP contribution in [0.5, 0.6) is 0 Å². The maximum absolute atomic E-state index is 8.75. The first kappa shape index (κ1) is 34.1. The minimum absolute atomic E-state index is 0.0829. The van der Waals surface area contributed by atoms with Crippen molar-refractivity contribution in [2.45, 2.75) is 59.9 Å². The third-order valence-electron chi connectivity index (χ3n) is 11.5. The fourth-order valence-electron chi connectivity index (χ4n) is 9.15. The fraction of sp³-hybridized carbons (Fsp3) is 0.217. The molecule has 0 radical (unpaired) electrons. The molecule has 0 amide bonds. The summed E-state index contributed by atoms with van der Waals surface area (Å²) in [5.74, 6) is 0. The molecule has 0 saturated heterocycles. The van der Waals surface area contributed by atoms with Crippen molar-refractivity contribution in [2.75, 3.05) is 0 Å². The standard InChI is InChI=1S/2C22H19.C2H6Si.2ClH.Zr/c2*1-2-6-16-13-19-9-5-10-21(22(19)14-16)20-12-11-17-7-3-4-8-18(17)15-20;1-3-2;;;/h2*3-5,7-15H,2,6H2,1H3;1-2H3;2*1H;/q;;;;;+2/p-2. The van der Waals surface area contributed by atoms with Gasteiger partial charge in [0.05, 0.1) is 0 Å². The van der Waals surface area contributed by atoms with Gasteiger partial charge in [0.15, 0.2) is 0 Å². The van der Waals surface area contributed by atoms with Gasteiger partial charge in [-0.2, -0.15) is 0 Å². The molecule has 6 aromatic carbocycles. The Balaban J connectivity index is 1.34. The SMILES string of the molecule is CCCC1=Cc2c(-c3ccc4ccccc4c3)cccc2[CH]1[Zr]([Cl])([Cl])([CH]1C(CCC)=Cc2c(-c3ccc4ccccc4c3)cccc21)=[Si](C)C. The molecule has 2 aliphatic rings. The number of halogens is 2. The van der Waals surface area contributed by atoms with Crippen LogP contribution in [0.15, 0.2) is 132 Å². The molecule has 0 saturated carbocycles. The Bertz CT molecular complexity index is 2300. The van der Waals surface area contributed by atoms with Crippen molar-refractivity contribution in [1.29, 1.82) is 0 Å². The summed E-state index contributed by atoms with van der Waals surface area (Å²) in [5.41, 5.74) is 12.2. The van der Waals surface area contributed by atoms with Gasteiger partial charge in [0.1, 0.15) is 0 Å². The Morgan fingerprint density at radius 2 is 0.940 bits per heavy atom. The van der Waals surface area contributed by atoms with Crippen LogP contribution in [0.4, 0.5) is 0 Å². The first-order valence-corrected chi connectivity index (χ1v) is 33.6. The van der Waals surface area contributed by atoms with Crippen LogP contribution >= 0.6 is 17.0 Å². The molecule has 0 bridgehead atoms. The van der Waals surface area contributed by atoms with Gasteiger partial charge in [-0.05, 0) is 0 Å². The van der Waals surface area contributed by atoms with Gasteiger partial charge in [-0.25, -0.2) is 0 Å². The second kappa shape index (κ2) is 13.2. The Morgan fingerprint density at radius 3 is 1.34 bits per heavy atom. The van der Waals surface area contributed by atoms with Crippen molar-refractivity contribution in [3.8, 4) is 22.3 Å². The molecule has 0 aliphatic heterocycles. The van der Waals surface area contributed by atoms with Crippen LogP contribution in [-0.4, -0.2) is 5.43 Å². The number of rotatable bonds is 8. The predicted molar refractivity (Wildman–Crippen MR) is 219 cm³/mol. The van der Waals surface area contributed by atoms with E-state index in [2.05, 4.69) is 160 Å². The Labute approximate surface area is 305 Å². The molecule has 4 heteroatoms. The molecule has 2 unspecified atom stereocenters. The quantitative estimate of drug-likeness (QED) is 0.135. The van der Waals surface area contributed by atoms with Gasteiger partial charge in [0, 0.05) is 0 Å². The average Bonchev–Trinajstić information content (AvgIpc) is 3.71. The van der Waals surface area contributed by atoms with Gasteiger partial charge in [-0.15, -0.1) is 0 Å². The molecule has 0 spiro atoms. The van der Waals surface area contributed by atoms with Crippen molar-refractivity contribution in [3.63, 3.8) is 0 Å². The summed E-state index contributed by atoms with van der Waals surface area (Å²) in [6, 6.07) is 44.9.